The van der Waals surface area contributed by atoms with Crippen LogP contribution >= 0.6 is 11.3 Å². The van der Waals surface area contributed by atoms with Crippen molar-refractivity contribution in [2.75, 3.05) is 31.6 Å². The average molecular weight is 372 g/mol. The van der Waals surface area contributed by atoms with Crippen molar-refractivity contribution >= 4 is 17.2 Å². The van der Waals surface area contributed by atoms with E-state index in [9.17, 15) is 0 Å². The van der Waals surface area contributed by atoms with E-state index >= 15 is 0 Å². The molecule has 0 amide bonds. The number of nitrogens with zero attached hydrogens (tertiary/aromatic N) is 5. The Hall–Kier alpha value is -1.57. The van der Waals surface area contributed by atoms with Crippen LogP contribution in [0.4, 0.5) is 5.82 Å². The Kier molecular flexibility index (Phi) is 4.38. The van der Waals surface area contributed by atoms with Crippen LogP contribution in [0.15, 0.2) is 6.07 Å². The van der Waals surface area contributed by atoms with E-state index in [1.54, 1.807) is 0 Å². The molecular weight excluding hydrogens is 346 g/mol. The molecule has 2 aliphatic heterocycles. The van der Waals surface area contributed by atoms with Gasteiger partial charge in [-0.3, -0.25) is 4.90 Å². The summed E-state index contributed by atoms with van der Waals surface area (Å²) in [6.45, 7) is 4.53. The molecule has 2 aromatic heterocycles. The first-order chi connectivity index (χ1) is 12.8. The number of hydrogen-bond acceptors (Lipinski definition) is 7. The van der Waals surface area contributed by atoms with Gasteiger partial charge in [-0.05, 0) is 44.4 Å². The zero-order chi connectivity index (χ0) is 17.5. The molecule has 3 aliphatic rings. The van der Waals surface area contributed by atoms with Crippen LogP contribution in [0.25, 0.3) is 0 Å². The van der Waals surface area contributed by atoms with Gasteiger partial charge in [0.15, 0.2) is 5.82 Å². The highest BCUT2D eigenvalue weighted by Crippen LogP contribution is 2.28. The van der Waals surface area contributed by atoms with Gasteiger partial charge in [0.1, 0.15) is 5.01 Å². The lowest BCUT2D eigenvalue weighted by Gasteiger charge is -2.44. The SMILES string of the molecule is CN(Cc1nc2c(s1)COCC2)C1CN(c2cc3c(nn2)CCCC3)C1. The van der Waals surface area contributed by atoms with Crippen molar-refractivity contribution in [3.05, 3.63) is 32.9 Å². The van der Waals surface area contributed by atoms with E-state index in [0.29, 0.717) is 6.04 Å². The third kappa shape index (κ3) is 3.12. The van der Waals surface area contributed by atoms with Crippen LogP contribution in [0.1, 0.15) is 39.7 Å². The van der Waals surface area contributed by atoms with E-state index in [-0.39, 0.29) is 0 Å². The highest BCUT2D eigenvalue weighted by atomic mass is 32.1. The summed E-state index contributed by atoms with van der Waals surface area (Å²) >= 11 is 1.81. The molecular formula is C19H25N5OS. The largest absolute Gasteiger partial charge is 0.375 e. The molecule has 0 aromatic carbocycles. The van der Waals surface area contributed by atoms with Gasteiger partial charge in [0.25, 0.3) is 0 Å². The Morgan fingerprint density at radius 2 is 2.08 bits per heavy atom. The fraction of sp³-hybridized carbons (Fsp3) is 0.632. The van der Waals surface area contributed by atoms with Crippen molar-refractivity contribution in [3.63, 3.8) is 0 Å². The number of aryl methyl sites for hydroxylation is 2. The summed E-state index contributed by atoms with van der Waals surface area (Å²) in [6, 6.07) is 2.83. The Bertz CT molecular complexity index is 778. The van der Waals surface area contributed by atoms with E-state index in [2.05, 4.69) is 33.1 Å². The van der Waals surface area contributed by atoms with Gasteiger partial charge in [0.05, 0.1) is 36.0 Å². The lowest BCUT2D eigenvalue weighted by atomic mass is 9.96. The topological polar surface area (TPSA) is 54.4 Å². The standard InChI is InChI=1S/C19H25N5OS/c1-23(11-19-20-16-6-7-25-12-17(16)26-19)14-9-24(10-14)18-8-13-4-2-3-5-15(13)21-22-18/h8,14H,2-7,9-12H2,1H3. The number of aromatic nitrogens is 3. The Labute approximate surface area is 158 Å². The second kappa shape index (κ2) is 6.87. The Morgan fingerprint density at radius 3 is 2.96 bits per heavy atom. The van der Waals surface area contributed by atoms with Crippen molar-refractivity contribution in [1.82, 2.24) is 20.1 Å². The lowest BCUT2D eigenvalue weighted by Crippen LogP contribution is -2.58. The molecule has 0 bridgehead atoms. The maximum atomic E-state index is 5.53. The molecule has 0 saturated carbocycles. The molecule has 1 aliphatic carbocycles. The zero-order valence-electron chi connectivity index (χ0n) is 15.3. The molecule has 0 atom stereocenters. The molecule has 5 rings (SSSR count). The molecule has 7 heteroatoms. The normalized spacial score (nSPS) is 20.0. The molecule has 6 nitrogen and oxygen atoms in total. The predicted octanol–water partition coefficient (Wildman–Crippen LogP) is 2.21. The summed E-state index contributed by atoms with van der Waals surface area (Å²) in [5, 5.41) is 10.2. The van der Waals surface area contributed by atoms with Crippen LogP contribution in [0, 0.1) is 0 Å². The van der Waals surface area contributed by atoms with E-state index in [1.165, 1.54) is 39.7 Å². The van der Waals surface area contributed by atoms with Gasteiger partial charge in [-0.1, -0.05) is 0 Å². The molecule has 0 unspecified atom stereocenters. The predicted molar refractivity (Wildman–Crippen MR) is 102 cm³/mol. The second-order valence-corrected chi connectivity index (χ2v) is 8.80. The van der Waals surface area contributed by atoms with Crippen molar-refractivity contribution in [1.29, 1.82) is 0 Å². The summed E-state index contributed by atoms with van der Waals surface area (Å²) < 4.78 is 5.53. The van der Waals surface area contributed by atoms with Gasteiger partial charge in [-0.25, -0.2) is 4.98 Å². The highest BCUT2D eigenvalue weighted by Gasteiger charge is 2.32. The van der Waals surface area contributed by atoms with Gasteiger partial charge in [-0.15, -0.1) is 16.4 Å². The summed E-state index contributed by atoms with van der Waals surface area (Å²) in [6.07, 6.45) is 5.75. The van der Waals surface area contributed by atoms with Crippen LogP contribution in [0.5, 0.6) is 0 Å². The number of hydrogen-bond donors (Lipinski definition) is 0. The minimum absolute atomic E-state index is 0.560. The Balaban J connectivity index is 1.19. The summed E-state index contributed by atoms with van der Waals surface area (Å²) in [7, 11) is 2.21. The number of likely N-dealkylation sites (N-methyl/N-ethyl adjacent to an activating group) is 1. The summed E-state index contributed by atoms with van der Waals surface area (Å²) in [5.41, 5.74) is 3.88. The molecule has 2 aromatic rings. The van der Waals surface area contributed by atoms with E-state index in [0.717, 1.165) is 57.9 Å². The molecule has 1 fully saturated rings. The highest BCUT2D eigenvalue weighted by molar-refractivity contribution is 7.11. The minimum Gasteiger partial charge on any atom is -0.375 e. The van der Waals surface area contributed by atoms with Crippen LogP contribution in [-0.2, 0) is 37.2 Å². The number of fused-ring (bicyclic) bond motifs is 2. The van der Waals surface area contributed by atoms with Gasteiger partial charge < -0.3 is 9.64 Å². The number of ether oxygens (including phenoxy) is 1. The summed E-state index contributed by atoms with van der Waals surface area (Å²) in [5.74, 6) is 1.05. The Morgan fingerprint density at radius 1 is 1.19 bits per heavy atom. The zero-order valence-corrected chi connectivity index (χ0v) is 16.1. The molecule has 0 spiro atoms. The minimum atomic E-state index is 0.560. The molecule has 4 heterocycles. The number of anilines is 1. The van der Waals surface area contributed by atoms with Crippen molar-refractivity contribution < 1.29 is 4.74 Å². The third-order valence-corrected chi connectivity index (χ3v) is 6.85. The van der Waals surface area contributed by atoms with Gasteiger partial charge >= 0.3 is 0 Å². The van der Waals surface area contributed by atoms with Crippen molar-refractivity contribution in [2.24, 2.45) is 0 Å². The molecule has 0 N–H and O–H groups in total. The molecule has 1 saturated heterocycles. The first kappa shape index (κ1) is 16.6. The van der Waals surface area contributed by atoms with Crippen molar-refractivity contribution in [2.45, 2.75) is 51.3 Å². The lowest BCUT2D eigenvalue weighted by molar-refractivity contribution is 0.112. The van der Waals surface area contributed by atoms with Crippen LogP contribution in [0.3, 0.4) is 0 Å². The first-order valence-electron chi connectivity index (χ1n) is 9.62. The van der Waals surface area contributed by atoms with Crippen LogP contribution in [-0.4, -0.2) is 52.9 Å². The maximum Gasteiger partial charge on any atom is 0.151 e. The quantitative estimate of drug-likeness (QED) is 0.821. The molecule has 0 radical (unpaired) electrons. The fourth-order valence-corrected chi connectivity index (χ4v) is 5.16. The maximum absolute atomic E-state index is 5.53. The smallest absolute Gasteiger partial charge is 0.151 e. The number of rotatable bonds is 4. The van der Waals surface area contributed by atoms with E-state index in [4.69, 9.17) is 9.72 Å². The van der Waals surface area contributed by atoms with Gasteiger partial charge in [0, 0.05) is 25.6 Å². The monoisotopic (exact) mass is 371 g/mol. The second-order valence-electron chi connectivity index (χ2n) is 7.64. The third-order valence-electron chi connectivity index (χ3n) is 5.79. The average Bonchev–Trinajstić information content (AvgIpc) is 3.02. The van der Waals surface area contributed by atoms with Crippen molar-refractivity contribution in [3.8, 4) is 0 Å². The van der Waals surface area contributed by atoms with Crippen LogP contribution < -0.4 is 4.90 Å². The number of thiazole rings is 1. The van der Waals surface area contributed by atoms with E-state index in [1.807, 2.05) is 11.3 Å². The van der Waals surface area contributed by atoms with Gasteiger partial charge in [-0.2, -0.15) is 5.10 Å². The molecule has 26 heavy (non-hydrogen) atoms. The first-order valence-corrected chi connectivity index (χ1v) is 10.4. The fourth-order valence-electron chi connectivity index (χ4n) is 4.04. The van der Waals surface area contributed by atoms with E-state index < -0.39 is 0 Å². The molecule has 138 valence electrons. The van der Waals surface area contributed by atoms with Crippen LogP contribution in [0.2, 0.25) is 0 Å². The van der Waals surface area contributed by atoms with Gasteiger partial charge in [0.2, 0.25) is 0 Å². The summed E-state index contributed by atoms with van der Waals surface area (Å²) in [4.78, 5) is 10.9.